The largest absolute Gasteiger partial charge is 0.462 e. The monoisotopic (exact) mass is 339 g/mol. The zero-order valence-electron chi connectivity index (χ0n) is 14.6. The fraction of sp³-hybridized carbons (Fsp3) is 0.400. The molecule has 0 aliphatic carbocycles. The van der Waals surface area contributed by atoms with Crippen molar-refractivity contribution in [2.45, 2.75) is 32.2 Å². The molecule has 3 rings (SSSR count). The number of rotatable bonds is 6. The van der Waals surface area contributed by atoms with Gasteiger partial charge in [0.15, 0.2) is 0 Å². The van der Waals surface area contributed by atoms with Crippen LogP contribution >= 0.6 is 0 Å². The van der Waals surface area contributed by atoms with E-state index < -0.39 is 0 Å². The van der Waals surface area contributed by atoms with E-state index in [2.05, 4.69) is 27.3 Å². The first-order chi connectivity index (χ1) is 12.2. The van der Waals surface area contributed by atoms with Gasteiger partial charge in [0.25, 0.3) is 0 Å². The number of amides is 1. The van der Waals surface area contributed by atoms with Gasteiger partial charge >= 0.3 is 0 Å². The fourth-order valence-electron chi connectivity index (χ4n) is 3.09. The molecule has 2 aromatic rings. The Morgan fingerprint density at radius 2 is 2.04 bits per heavy atom. The van der Waals surface area contributed by atoms with E-state index in [1.54, 1.807) is 12.2 Å². The number of nitrogens with zero attached hydrogens (tertiary/aromatic N) is 2. The maximum absolute atomic E-state index is 12.0. The average Bonchev–Trinajstić information content (AvgIpc) is 3.06. The average molecular weight is 339 g/mol. The molecule has 132 valence electrons. The lowest BCUT2D eigenvalue weighted by atomic mass is 10.0. The van der Waals surface area contributed by atoms with Crippen molar-refractivity contribution in [3.05, 3.63) is 59.8 Å². The number of pyridine rings is 1. The van der Waals surface area contributed by atoms with Crippen molar-refractivity contribution in [2.24, 2.45) is 0 Å². The molecule has 0 atom stereocenters. The first kappa shape index (κ1) is 17.4. The Bertz CT molecular complexity index is 701. The second-order valence-electron chi connectivity index (χ2n) is 6.51. The van der Waals surface area contributed by atoms with E-state index in [9.17, 15) is 4.79 Å². The Kier molecular flexibility index (Phi) is 6.01. The van der Waals surface area contributed by atoms with Crippen LogP contribution in [-0.4, -0.2) is 41.5 Å². The van der Waals surface area contributed by atoms with Crippen molar-refractivity contribution >= 4 is 12.0 Å². The van der Waals surface area contributed by atoms with Crippen LogP contribution in [0, 0.1) is 6.92 Å². The number of piperidine rings is 1. The van der Waals surface area contributed by atoms with Gasteiger partial charge in [0.1, 0.15) is 11.5 Å². The molecule has 2 aromatic heterocycles. The van der Waals surface area contributed by atoms with Gasteiger partial charge in [-0.1, -0.05) is 0 Å². The van der Waals surface area contributed by atoms with Gasteiger partial charge in [-0.05, 0) is 62.1 Å². The third-order valence-corrected chi connectivity index (χ3v) is 4.56. The lowest BCUT2D eigenvalue weighted by molar-refractivity contribution is -0.117. The third-order valence-electron chi connectivity index (χ3n) is 4.56. The number of hydrogen-bond donors (Lipinski definition) is 1. The topological polar surface area (TPSA) is 58.4 Å². The van der Waals surface area contributed by atoms with Crippen molar-refractivity contribution < 1.29 is 9.21 Å². The first-order valence-electron chi connectivity index (χ1n) is 8.85. The van der Waals surface area contributed by atoms with Crippen molar-refractivity contribution in [3.63, 3.8) is 0 Å². The Labute approximate surface area is 148 Å². The van der Waals surface area contributed by atoms with Gasteiger partial charge in [-0.2, -0.15) is 0 Å². The van der Waals surface area contributed by atoms with Gasteiger partial charge in [0.2, 0.25) is 5.91 Å². The van der Waals surface area contributed by atoms with E-state index >= 15 is 0 Å². The summed E-state index contributed by atoms with van der Waals surface area (Å²) in [5.74, 6) is 1.50. The van der Waals surface area contributed by atoms with Crippen molar-refractivity contribution in [1.82, 2.24) is 15.2 Å². The van der Waals surface area contributed by atoms with E-state index in [0.717, 1.165) is 44.7 Å². The van der Waals surface area contributed by atoms with E-state index in [4.69, 9.17) is 4.42 Å². The number of hydrogen-bond acceptors (Lipinski definition) is 4. The zero-order valence-corrected chi connectivity index (χ0v) is 14.6. The molecular formula is C20H25N3O2. The second kappa shape index (κ2) is 8.62. The molecule has 5 heteroatoms. The number of nitrogens with one attached hydrogen (secondary N) is 1. The van der Waals surface area contributed by atoms with Crippen LogP contribution < -0.4 is 5.32 Å². The van der Waals surface area contributed by atoms with Gasteiger partial charge < -0.3 is 14.6 Å². The molecule has 25 heavy (non-hydrogen) atoms. The van der Waals surface area contributed by atoms with Gasteiger partial charge in [0.05, 0.1) is 0 Å². The summed E-state index contributed by atoms with van der Waals surface area (Å²) in [6, 6.07) is 8.15. The molecule has 5 nitrogen and oxygen atoms in total. The van der Waals surface area contributed by atoms with Crippen LogP contribution in [0.25, 0.3) is 6.08 Å². The van der Waals surface area contributed by atoms with Crippen molar-refractivity contribution in [3.8, 4) is 0 Å². The van der Waals surface area contributed by atoms with Crippen LogP contribution in [0.5, 0.6) is 0 Å². The van der Waals surface area contributed by atoms with E-state index in [1.165, 1.54) is 5.56 Å². The normalized spacial score (nSPS) is 16.4. The van der Waals surface area contributed by atoms with Crippen LogP contribution in [0.4, 0.5) is 0 Å². The number of carbonyl (C=O) groups is 1. The molecule has 0 radical (unpaired) electrons. The van der Waals surface area contributed by atoms with Crippen LogP contribution in [0.1, 0.15) is 29.9 Å². The minimum atomic E-state index is -0.0516. The highest BCUT2D eigenvalue weighted by atomic mass is 16.3. The Hall–Kier alpha value is -2.40. The van der Waals surface area contributed by atoms with E-state index in [1.807, 2.05) is 31.5 Å². The summed E-state index contributed by atoms with van der Waals surface area (Å²) < 4.78 is 5.42. The van der Waals surface area contributed by atoms with Crippen molar-refractivity contribution in [1.29, 1.82) is 0 Å². The second-order valence-corrected chi connectivity index (χ2v) is 6.51. The van der Waals surface area contributed by atoms with Crippen molar-refractivity contribution in [2.75, 3.05) is 19.6 Å². The molecule has 0 bridgehead atoms. The molecule has 1 amide bonds. The number of likely N-dealkylation sites (tertiary alicyclic amines) is 1. The molecule has 1 fully saturated rings. The SMILES string of the molecule is Cc1ccc(/C=C/C(=O)NC2CCN(CCc3ccncc3)CC2)o1. The minimum absolute atomic E-state index is 0.0516. The highest BCUT2D eigenvalue weighted by molar-refractivity contribution is 5.91. The highest BCUT2D eigenvalue weighted by Crippen LogP contribution is 2.12. The Balaban J connectivity index is 1.37. The molecule has 0 spiro atoms. The van der Waals surface area contributed by atoms with E-state index in [-0.39, 0.29) is 11.9 Å². The third kappa shape index (κ3) is 5.57. The van der Waals surface area contributed by atoms with Gasteiger partial charge in [-0.25, -0.2) is 0 Å². The summed E-state index contributed by atoms with van der Waals surface area (Å²) in [5, 5.41) is 3.09. The van der Waals surface area contributed by atoms with Crippen LogP contribution in [-0.2, 0) is 11.2 Å². The van der Waals surface area contributed by atoms with Crippen LogP contribution in [0.2, 0.25) is 0 Å². The Morgan fingerprint density at radius 3 is 2.72 bits per heavy atom. The summed E-state index contributed by atoms with van der Waals surface area (Å²) >= 11 is 0. The summed E-state index contributed by atoms with van der Waals surface area (Å²) in [7, 11) is 0. The summed E-state index contributed by atoms with van der Waals surface area (Å²) in [6.45, 7) is 5.00. The number of carbonyl (C=O) groups excluding carboxylic acids is 1. The molecule has 1 aliphatic rings. The molecule has 0 aromatic carbocycles. The van der Waals surface area contributed by atoms with Gasteiger partial charge in [-0.15, -0.1) is 0 Å². The van der Waals surface area contributed by atoms with Gasteiger partial charge in [0, 0.05) is 44.1 Å². The lowest BCUT2D eigenvalue weighted by Crippen LogP contribution is -2.44. The molecule has 1 aliphatic heterocycles. The molecule has 3 heterocycles. The predicted molar refractivity (Wildman–Crippen MR) is 98.0 cm³/mol. The Morgan fingerprint density at radius 1 is 1.28 bits per heavy atom. The lowest BCUT2D eigenvalue weighted by Gasteiger charge is -2.32. The number of aryl methyl sites for hydroxylation is 1. The molecule has 1 N–H and O–H groups in total. The number of furan rings is 1. The van der Waals surface area contributed by atoms with Crippen LogP contribution in [0.15, 0.2) is 47.2 Å². The fourth-order valence-corrected chi connectivity index (χ4v) is 3.09. The maximum Gasteiger partial charge on any atom is 0.244 e. The van der Waals surface area contributed by atoms with Gasteiger partial charge in [-0.3, -0.25) is 9.78 Å². The van der Waals surface area contributed by atoms with Crippen LogP contribution in [0.3, 0.4) is 0 Å². The molecule has 1 saturated heterocycles. The van der Waals surface area contributed by atoms with E-state index in [0.29, 0.717) is 5.76 Å². The summed E-state index contributed by atoms with van der Waals surface area (Å²) in [5.41, 5.74) is 1.32. The quantitative estimate of drug-likeness (QED) is 0.822. The first-order valence-corrected chi connectivity index (χ1v) is 8.85. The molecule has 0 saturated carbocycles. The zero-order chi connectivity index (χ0) is 17.5. The maximum atomic E-state index is 12.0. The summed E-state index contributed by atoms with van der Waals surface area (Å²) in [6.07, 6.45) is 9.99. The number of aromatic nitrogens is 1. The summed E-state index contributed by atoms with van der Waals surface area (Å²) in [4.78, 5) is 18.5. The predicted octanol–water partition coefficient (Wildman–Crippen LogP) is 2.82. The molecule has 0 unspecified atom stereocenters. The molecular weight excluding hydrogens is 314 g/mol. The minimum Gasteiger partial charge on any atom is -0.462 e. The smallest absolute Gasteiger partial charge is 0.244 e. The highest BCUT2D eigenvalue weighted by Gasteiger charge is 2.19. The standard InChI is InChI=1S/C20H25N3O2/c1-16-2-3-19(25-16)4-5-20(24)22-18-9-14-23(15-10-18)13-8-17-6-11-21-12-7-17/h2-7,11-12,18H,8-10,13-15H2,1H3,(H,22,24)/b5-4+.